The Kier molecular flexibility index (Phi) is 6.03. The molecule has 1 N–H and O–H groups in total. The van der Waals surface area contributed by atoms with Crippen LogP contribution in [0.25, 0.3) is 22.3 Å². The van der Waals surface area contributed by atoms with Crippen molar-refractivity contribution >= 4 is 28.4 Å². The van der Waals surface area contributed by atoms with Gasteiger partial charge in [0, 0.05) is 34.3 Å². The van der Waals surface area contributed by atoms with Crippen LogP contribution in [0, 0.1) is 12.7 Å². The zero-order valence-electron chi connectivity index (χ0n) is 18.5. The molecule has 3 heterocycles. The van der Waals surface area contributed by atoms with E-state index in [0.717, 1.165) is 47.2 Å². The van der Waals surface area contributed by atoms with E-state index < -0.39 is 0 Å². The van der Waals surface area contributed by atoms with E-state index in [1.807, 2.05) is 42.7 Å². The molecular formula is C25H25FN4O2S. The van der Waals surface area contributed by atoms with Gasteiger partial charge in [-0.25, -0.2) is 4.39 Å². The highest BCUT2D eigenvalue weighted by Gasteiger charge is 2.27. The molecule has 2 aromatic heterocycles. The highest BCUT2D eigenvalue weighted by molar-refractivity contribution is 8.00. The lowest BCUT2D eigenvalue weighted by molar-refractivity contribution is 0.0953. The summed E-state index contributed by atoms with van der Waals surface area (Å²) in [4.78, 5) is 16.8. The van der Waals surface area contributed by atoms with Crippen LogP contribution in [0.15, 0.2) is 53.7 Å². The number of hydrogen-bond acceptors (Lipinski definition) is 5. The summed E-state index contributed by atoms with van der Waals surface area (Å²) in [6, 6.07) is 14.1. The van der Waals surface area contributed by atoms with Gasteiger partial charge in [-0.2, -0.15) is 0 Å². The van der Waals surface area contributed by atoms with Gasteiger partial charge in [0.2, 0.25) is 0 Å². The highest BCUT2D eigenvalue weighted by Crippen LogP contribution is 2.32. The Morgan fingerprint density at radius 3 is 2.79 bits per heavy atom. The smallest absolute Gasteiger partial charge is 0.192 e. The number of carbonyl (C=O) groups excluding carboxylic acids is 1. The number of ketones is 1. The fourth-order valence-corrected chi connectivity index (χ4v) is 5.27. The van der Waals surface area contributed by atoms with Crippen molar-refractivity contribution in [3.8, 4) is 11.4 Å². The Labute approximate surface area is 195 Å². The van der Waals surface area contributed by atoms with Crippen LogP contribution in [-0.4, -0.2) is 43.5 Å². The third kappa shape index (κ3) is 4.32. The first-order valence-corrected chi connectivity index (χ1v) is 12.0. The number of carbonyl (C=O) groups is 1. The van der Waals surface area contributed by atoms with Crippen molar-refractivity contribution < 1.29 is 13.9 Å². The van der Waals surface area contributed by atoms with Gasteiger partial charge in [-0.1, -0.05) is 30.0 Å². The summed E-state index contributed by atoms with van der Waals surface area (Å²) in [7, 11) is 0. The first-order valence-electron chi connectivity index (χ1n) is 11.1. The molecule has 1 saturated heterocycles. The number of H-pyrrole nitrogens is 1. The number of rotatable bonds is 7. The SMILES string of the molecule is Cc1[nH]c2ccccc2c1C(=O)[C@H](C)Sc1nnc(-c2ccc(F)cc2)n1C[C@H]1CCCO1. The number of para-hydroxylation sites is 1. The van der Waals surface area contributed by atoms with Crippen molar-refractivity contribution in [1.29, 1.82) is 0 Å². The van der Waals surface area contributed by atoms with Crippen LogP contribution in [0.5, 0.6) is 0 Å². The number of nitrogens with one attached hydrogen (secondary N) is 1. The van der Waals surface area contributed by atoms with Gasteiger partial charge in [-0.3, -0.25) is 9.36 Å². The maximum atomic E-state index is 13.5. The summed E-state index contributed by atoms with van der Waals surface area (Å²) in [5, 5.41) is 10.0. The average molecular weight is 465 g/mol. The van der Waals surface area contributed by atoms with Crippen molar-refractivity contribution in [3.63, 3.8) is 0 Å². The quantitative estimate of drug-likeness (QED) is 0.292. The molecule has 0 saturated carbocycles. The van der Waals surface area contributed by atoms with E-state index >= 15 is 0 Å². The number of halogens is 1. The number of nitrogens with zero attached hydrogens (tertiary/aromatic N) is 3. The van der Waals surface area contributed by atoms with Crippen LogP contribution < -0.4 is 0 Å². The zero-order valence-corrected chi connectivity index (χ0v) is 19.4. The molecule has 8 heteroatoms. The van der Waals surface area contributed by atoms with Crippen molar-refractivity contribution in [2.24, 2.45) is 0 Å². The van der Waals surface area contributed by atoms with E-state index in [0.29, 0.717) is 17.5 Å². The molecule has 170 valence electrons. The van der Waals surface area contributed by atoms with Gasteiger partial charge in [0.1, 0.15) is 5.82 Å². The molecule has 0 unspecified atom stereocenters. The third-order valence-electron chi connectivity index (χ3n) is 6.02. The van der Waals surface area contributed by atoms with Gasteiger partial charge >= 0.3 is 0 Å². The first-order chi connectivity index (χ1) is 16.0. The molecule has 6 nitrogen and oxygen atoms in total. The predicted molar refractivity (Wildman–Crippen MR) is 127 cm³/mol. The monoisotopic (exact) mass is 464 g/mol. The second kappa shape index (κ2) is 9.11. The molecule has 0 amide bonds. The number of benzene rings is 2. The third-order valence-corrected chi connectivity index (χ3v) is 7.10. The molecule has 0 aliphatic carbocycles. The molecule has 0 bridgehead atoms. The average Bonchev–Trinajstić information content (AvgIpc) is 3.53. The number of ether oxygens (including phenoxy) is 1. The van der Waals surface area contributed by atoms with E-state index in [1.165, 1.54) is 23.9 Å². The molecule has 1 aliphatic heterocycles. The lowest BCUT2D eigenvalue weighted by Crippen LogP contribution is -2.19. The summed E-state index contributed by atoms with van der Waals surface area (Å²) in [6.07, 6.45) is 2.06. The van der Waals surface area contributed by atoms with E-state index in [9.17, 15) is 9.18 Å². The molecular weight excluding hydrogens is 439 g/mol. The number of fused-ring (bicyclic) bond motifs is 1. The number of thioether (sulfide) groups is 1. The lowest BCUT2D eigenvalue weighted by Gasteiger charge is -2.16. The molecule has 2 atom stereocenters. The van der Waals surface area contributed by atoms with E-state index in [2.05, 4.69) is 15.2 Å². The molecule has 5 rings (SSSR count). The van der Waals surface area contributed by atoms with Crippen LogP contribution in [0.2, 0.25) is 0 Å². The summed E-state index contributed by atoms with van der Waals surface area (Å²) in [5.41, 5.74) is 3.31. The van der Waals surface area contributed by atoms with Gasteiger partial charge in [0.25, 0.3) is 0 Å². The number of aromatic nitrogens is 4. The second-order valence-corrected chi connectivity index (χ2v) is 9.66. The standard InChI is InChI=1S/C25H25FN4O2S/c1-15-22(20-7-3-4-8-21(20)27-15)23(31)16(2)33-25-29-28-24(17-9-11-18(26)12-10-17)30(25)14-19-6-5-13-32-19/h3-4,7-12,16,19,27H,5-6,13-14H2,1-2H3/t16-,19+/m0/s1. The predicted octanol–water partition coefficient (Wildman–Crippen LogP) is 5.42. The van der Waals surface area contributed by atoms with Crippen LogP contribution >= 0.6 is 11.8 Å². The Bertz CT molecular complexity index is 1290. The van der Waals surface area contributed by atoms with Gasteiger partial charge in [0.15, 0.2) is 16.8 Å². The summed E-state index contributed by atoms with van der Waals surface area (Å²) in [6.45, 7) is 5.17. The van der Waals surface area contributed by atoms with Crippen molar-refractivity contribution in [1.82, 2.24) is 19.7 Å². The molecule has 0 radical (unpaired) electrons. The Hall–Kier alpha value is -2.97. The van der Waals surface area contributed by atoms with Gasteiger partial charge in [0.05, 0.1) is 17.9 Å². The molecule has 4 aromatic rings. The molecule has 1 fully saturated rings. The minimum Gasteiger partial charge on any atom is -0.376 e. The molecule has 1 aliphatic rings. The number of hydrogen-bond donors (Lipinski definition) is 1. The summed E-state index contributed by atoms with van der Waals surface area (Å²) in [5.74, 6) is 0.396. The van der Waals surface area contributed by atoms with E-state index in [4.69, 9.17) is 4.74 Å². The summed E-state index contributed by atoms with van der Waals surface area (Å²) >= 11 is 1.39. The van der Waals surface area contributed by atoms with Gasteiger partial charge in [-0.15, -0.1) is 10.2 Å². The minimum absolute atomic E-state index is 0.0462. The van der Waals surface area contributed by atoms with Crippen LogP contribution in [-0.2, 0) is 11.3 Å². The fourth-order valence-electron chi connectivity index (χ4n) is 4.35. The molecule has 2 aromatic carbocycles. The Balaban J connectivity index is 1.46. The topological polar surface area (TPSA) is 72.8 Å². The maximum absolute atomic E-state index is 13.5. The Morgan fingerprint density at radius 1 is 1.24 bits per heavy atom. The minimum atomic E-state index is -0.364. The van der Waals surface area contributed by atoms with E-state index in [-0.39, 0.29) is 23.0 Å². The molecule has 0 spiro atoms. The lowest BCUT2D eigenvalue weighted by atomic mass is 10.1. The fraction of sp³-hybridized carbons (Fsp3) is 0.320. The number of aromatic amines is 1. The first kappa shape index (κ1) is 21.9. The highest BCUT2D eigenvalue weighted by atomic mass is 32.2. The van der Waals surface area contributed by atoms with Gasteiger partial charge < -0.3 is 9.72 Å². The Morgan fingerprint density at radius 2 is 2.03 bits per heavy atom. The zero-order chi connectivity index (χ0) is 22.9. The number of aryl methyl sites for hydroxylation is 1. The van der Waals surface area contributed by atoms with Crippen molar-refractivity contribution in [2.75, 3.05) is 6.61 Å². The normalized spacial score (nSPS) is 17.0. The van der Waals surface area contributed by atoms with Crippen LogP contribution in [0.3, 0.4) is 0 Å². The van der Waals surface area contributed by atoms with Crippen molar-refractivity contribution in [3.05, 3.63) is 65.6 Å². The maximum Gasteiger partial charge on any atom is 0.192 e. The molecule has 33 heavy (non-hydrogen) atoms. The van der Waals surface area contributed by atoms with Crippen LogP contribution in [0.4, 0.5) is 4.39 Å². The second-order valence-electron chi connectivity index (χ2n) is 8.35. The summed E-state index contributed by atoms with van der Waals surface area (Å²) < 4.78 is 21.3. The van der Waals surface area contributed by atoms with Crippen LogP contribution in [0.1, 0.15) is 35.8 Å². The largest absolute Gasteiger partial charge is 0.376 e. The van der Waals surface area contributed by atoms with Crippen molar-refractivity contribution in [2.45, 2.75) is 49.7 Å². The van der Waals surface area contributed by atoms with E-state index in [1.54, 1.807) is 12.1 Å². The number of Topliss-reactive ketones (excluding diaryl/α,β-unsaturated/α-hetero) is 1. The van der Waals surface area contributed by atoms with Gasteiger partial charge in [-0.05, 0) is 57.0 Å².